The molecule has 1 saturated carbocycles. The van der Waals surface area contributed by atoms with Gasteiger partial charge in [0.05, 0.1) is 16.7 Å². The number of benzene rings is 3. The van der Waals surface area contributed by atoms with Gasteiger partial charge in [0, 0.05) is 0 Å². The van der Waals surface area contributed by atoms with Crippen LogP contribution in [0.2, 0.25) is 0 Å². The second kappa shape index (κ2) is 11.7. The van der Waals surface area contributed by atoms with Crippen molar-refractivity contribution < 1.29 is 74.6 Å². The number of hydrogen-bond acceptors (Lipinski definition) is 0. The Balaban J connectivity index is 2.17. The summed E-state index contributed by atoms with van der Waals surface area (Å²) in [6.45, 7) is 3.35. The molecule has 0 saturated heterocycles. The molecule has 0 amide bonds. The van der Waals surface area contributed by atoms with Gasteiger partial charge in [-0.3, -0.25) is 0 Å². The second-order valence-electron chi connectivity index (χ2n) is 10.5. The second-order valence-corrected chi connectivity index (χ2v) is 10.5. The van der Waals surface area contributed by atoms with E-state index in [1.807, 2.05) is 0 Å². The van der Waals surface area contributed by atoms with Gasteiger partial charge in [-0.15, -0.1) is 0 Å². The Morgan fingerprint density at radius 2 is 0.750 bits per heavy atom. The summed E-state index contributed by atoms with van der Waals surface area (Å²) in [6, 6.07) is 2.56. The summed E-state index contributed by atoms with van der Waals surface area (Å²) in [4.78, 5) is 0. The van der Waals surface area contributed by atoms with E-state index in [4.69, 9.17) is 0 Å². The summed E-state index contributed by atoms with van der Waals surface area (Å²) >= 11 is 0. The summed E-state index contributed by atoms with van der Waals surface area (Å²) < 4.78 is 238. The van der Waals surface area contributed by atoms with E-state index in [1.165, 1.54) is 0 Å². The molecule has 17 heteroatoms. The lowest BCUT2D eigenvalue weighted by Crippen LogP contribution is -2.17. The van der Waals surface area contributed by atoms with Crippen molar-refractivity contribution in [3.63, 3.8) is 0 Å². The molecule has 0 bridgehead atoms. The molecule has 0 spiro atoms. The summed E-state index contributed by atoms with van der Waals surface area (Å²) in [7, 11) is 0. The first-order valence-corrected chi connectivity index (χ1v) is 13.0. The van der Waals surface area contributed by atoms with Crippen molar-refractivity contribution in [2.45, 2.75) is 46.2 Å². The number of hydrogen-bond donors (Lipinski definition) is 0. The molecule has 0 aliphatic heterocycles. The monoisotopic (exact) mass is 710 g/mol. The number of aryl methyl sites for hydroxylation is 1. The highest BCUT2D eigenvalue weighted by atomic mass is 19.4. The molecule has 1 aliphatic carbocycles. The Morgan fingerprint density at radius 3 is 1.04 bits per heavy atom. The lowest BCUT2D eigenvalue weighted by molar-refractivity contribution is -0.144. The lowest BCUT2D eigenvalue weighted by Gasteiger charge is -2.14. The van der Waals surface area contributed by atoms with Crippen LogP contribution in [0.25, 0.3) is 16.7 Å². The normalized spacial score (nSPS) is 17.2. The number of rotatable bonds is 3. The van der Waals surface area contributed by atoms with E-state index in [0.29, 0.717) is 19.9 Å². The van der Waals surface area contributed by atoms with E-state index in [9.17, 15) is 74.6 Å². The highest BCUT2D eigenvalue weighted by Crippen LogP contribution is 2.57. The van der Waals surface area contributed by atoms with E-state index in [-0.39, 0.29) is 16.7 Å². The van der Waals surface area contributed by atoms with Gasteiger partial charge in [0.2, 0.25) is 0 Å². The molecule has 1 fully saturated rings. The summed E-state index contributed by atoms with van der Waals surface area (Å²) in [6.07, 6.45) is -16.9. The zero-order chi connectivity index (χ0) is 36.7. The Bertz CT molecular complexity index is 1820. The van der Waals surface area contributed by atoms with Gasteiger partial charge in [-0.2, -0.15) is 39.5 Å². The summed E-state index contributed by atoms with van der Waals surface area (Å²) in [5.74, 6) is -22.1. The maximum Gasteiger partial charge on any atom is 0.422 e. The quantitative estimate of drug-likeness (QED) is 0.188. The van der Waals surface area contributed by atoms with Crippen molar-refractivity contribution in [2.24, 2.45) is 0 Å². The van der Waals surface area contributed by atoms with Crippen LogP contribution in [-0.4, -0.2) is 0 Å². The van der Waals surface area contributed by atoms with Crippen molar-refractivity contribution in [1.29, 1.82) is 0 Å². The first kappa shape index (κ1) is 36.5. The smallest absolute Gasteiger partial charge is 0.203 e. The molecule has 3 aromatic rings. The summed E-state index contributed by atoms with van der Waals surface area (Å²) in [5, 5.41) is 0. The minimum atomic E-state index is -5.95. The van der Waals surface area contributed by atoms with Gasteiger partial charge in [0.25, 0.3) is 0 Å². The van der Waals surface area contributed by atoms with Crippen molar-refractivity contribution in [3.8, 4) is 0 Å². The van der Waals surface area contributed by atoms with Crippen LogP contribution < -0.4 is 0 Å². The zero-order valence-corrected chi connectivity index (χ0v) is 24.2. The van der Waals surface area contributed by atoms with Gasteiger partial charge in [-0.25, -0.2) is 35.1 Å². The summed E-state index contributed by atoms with van der Waals surface area (Å²) in [5.41, 5.74) is -15.8. The van der Waals surface area contributed by atoms with Crippen molar-refractivity contribution in [3.05, 3.63) is 120 Å². The van der Waals surface area contributed by atoms with Gasteiger partial charge in [-0.05, 0) is 78.3 Å². The van der Waals surface area contributed by atoms with Gasteiger partial charge in [0.15, 0.2) is 46.5 Å². The maximum atomic E-state index is 15.0. The predicted octanol–water partition coefficient (Wildman–Crippen LogP) is 11.9. The molecule has 0 heterocycles. The van der Waals surface area contributed by atoms with Gasteiger partial charge in [0.1, 0.15) is 11.1 Å². The van der Waals surface area contributed by atoms with Crippen molar-refractivity contribution >= 4 is 16.7 Å². The fourth-order valence-electron chi connectivity index (χ4n) is 5.29. The molecule has 48 heavy (non-hydrogen) atoms. The zero-order valence-electron chi connectivity index (χ0n) is 24.2. The molecule has 1 aliphatic rings. The van der Waals surface area contributed by atoms with E-state index in [0.717, 1.165) is 26.0 Å². The Labute approximate surface area is 258 Å². The highest BCUT2D eigenvalue weighted by molar-refractivity contribution is 6.05. The average Bonchev–Trinajstić information content (AvgIpc) is 3.69. The predicted molar refractivity (Wildman–Crippen MR) is 137 cm³/mol. The molecular weight excluding hydrogens is 695 g/mol. The Morgan fingerprint density at radius 1 is 0.438 bits per heavy atom. The third-order valence-electron chi connectivity index (χ3n) is 7.63. The number of allylic oxidation sites excluding steroid dienone is 6. The van der Waals surface area contributed by atoms with Crippen LogP contribution in [0.4, 0.5) is 74.6 Å². The first-order valence-electron chi connectivity index (χ1n) is 13.0. The molecule has 0 radical (unpaired) electrons. The first-order chi connectivity index (χ1) is 21.8. The molecule has 258 valence electrons. The Kier molecular flexibility index (Phi) is 8.89. The van der Waals surface area contributed by atoms with Crippen LogP contribution in [0, 0.1) is 53.5 Å². The molecular formula is C31H15F17. The maximum absolute atomic E-state index is 15.0. The SMILES string of the molecule is CC(=C1C(=C(/C)c2ccc(C)c(C(F)(F)F)c2)/C1=C(/C)c1c(F)c(F)c(C(F)(F)F)c(F)c1F)c1c(F)c(F)c(C(F)(F)F)c(F)c1F. The van der Waals surface area contributed by atoms with Crippen LogP contribution in [-0.2, 0) is 18.5 Å². The van der Waals surface area contributed by atoms with Crippen molar-refractivity contribution in [1.82, 2.24) is 0 Å². The van der Waals surface area contributed by atoms with Crippen LogP contribution in [0.5, 0.6) is 0 Å². The fraction of sp³-hybridized carbons (Fsp3) is 0.226. The fourth-order valence-corrected chi connectivity index (χ4v) is 5.29. The highest BCUT2D eigenvalue weighted by Gasteiger charge is 2.46. The van der Waals surface area contributed by atoms with Gasteiger partial charge >= 0.3 is 18.5 Å². The molecule has 3 aromatic carbocycles. The van der Waals surface area contributed by atoms with Crippen LogP contribution in [0.1, 0.15) is 59.7 Å². The topological polar surface area (TPSA) is 0 Å². The molecule has 4 rings (SSSR count). The van der Waals surface area contributed by atoms with Crippen LogP contribution in [0.15, 0.2) is 34.9 Å². The molecule has 0 aromatic heterocycles. The van der Waals surface area contributed by atoms with E-state index in [2.05, 4.69) is 0 Å². The van der Waals surface area contributed by atoms with Gasteiger partial charge < -0.3 is 0 Å². The Hall–Kier alpha value is -4.31. The minimum absolute atomic E-state index is 0.307. The average molecular weight is 710 g/mol. The van der Waals surface area contributed by atoms with Crippen molar-refractivity contribution in [2.75, 3.05) is 0 Å². The molecule has 0 nitrogen and oxygen atoms in total. The standard InChI is InChI=1S/C31H15F17/c1-8-5-6-12(7-13(8)29(40,41)42)9(2)14-15(10(3)17-21(32)25(36)19(30(43,44)45)26(37)22(17)33)16(14)11(4)18-23(34)27(38)20(31(46,47)48)28(39)24(18)35/h5-7H,1-4H3/b14-9-,15-10+,16-11?. The molecule has 0 atom stereocenters. The minimum Gasteiger partial charge on any atom is -0.203 e. The van der Waals surface area contributed by atoms with Gasteiger partial charge in [-0.1, -0.05) is 12.1 Å². The van der Waals surface area contributed by atoms with Crippen LogP contribution >= 0.6 is 0 Å². The third kappa shape index (κ3) is 5.84. The van der Waals surface area contributed by atoms with E-state index in [1.54, 1.807) is 0 Å². The molecule has 0 N–H and O–H groups in total. The van der Waals surface area contributed by atoms with Crippen LogP contribution in [0.3, 0.4) is 0 Å². The number of halogens is 17. The third-order valence-corrected chi connectivity index (χ3v) is 7.63. The lowest BCUT2D eigenvalue weighted by atomic mass is 9.98. The molecule has 0 unspecified atom stereocenters. The van der Waals surface area contributed by atoms with E-state index < -0.39 is 121 Å². The largest absolute Gasteiger partial charge is 0.422 e. The van der Waals surface area contributed by atoms with E-state index >= 15 is 0 Å². The number of alkyl halides is 9.